The van der Waals surface area contributed by atoms with Gasteiger partial charge in [0, 0.05) is 5.56 Å². The Kier molecular flexibility index (Phi) is 3.20. The number of para-hydroxylation sites is 1. The molecule has 1 N–H and O–H groups in total. The van der Waals surface area contributed by atoms with Gasteiger partial charge in [0.2, 0.25) is 5.95 Å². The van der Waals surface area contributed by atoms with Crippen LogP contribution in [0.25, 0.3) is 22.3 Å². The van der Waals surface area contributed by atoms with Gasteiger partial charge in [0.25, 0.3) is 0 Å². The second-order valence-electron chi connectivity index (χ2n) is 4.90. The summed E-state index contributed by atoms with van der Waals surface area (Å²) in [5.41, 5.74) is 1.60. The van der Waals surface area contributed by atoms with E-state index in [2.05, 4.69) is 20.2 Å². The fraction of sp³-hybridized carbons (Fsp3) is 0. The van der Waals surface area contributed by atoms with Crippen LogP contribution in [0.5, 0.6) is 11.5 Å². The van der Waals surface area contributed by atoms with E-state index < -0.39 is 5.95 Å². The second kappa shape index (κ2) is 5.49. The molecule has 0 saturated heterocycles. The highest BCUT2D eigenvalue weighted by Gasteiger charge is 2.14. The Labute approximate surface area is 130 Å². The van der Waals surface area contributed by atoms with Gasteiger partial charge in [0.15, 0.2) is 5.65 Å². The highest BCUT2D eigenvalue weighted by Crippen LogP contribution is 2.29. The van der Waals surface area contributed by atoms with Gasteiger partial charge in [-0.25, -0.2) is 9.97 Å². The maximum absolute atomic E-state index is 13.9. The third-order valence-corrected chi connectivity index (χ3v) is 3.42. The van der Waals surface area contributed by atoms with Crippen LogP contribution in [0, 0.1) is 5.95 Å². The van der Waals surface area contributed by atoms with E-state index in [9.17, 15) is 4.39 Å². The van der Waals surface area contributed by atoms with Gasteiger partial charge in [-0.3, -0.25) is 5.10 Å². The minimum absolute atomic E-state index is 0.282. The first-order valence-electron chi connectivity index (χ1n) is 6.99. The minimum atomic E-state index is -0.594. The number of hydrogen-bond donors (Lipinski definition) is 1. The molecule has 0 amide bonds. The number of fused-ring (bicyclic) bond motifs is 1. The van der Waals surface area contributed by atoms with Gasteiger partial charge in [-0.15, -0.1) is 0 Å². The molecule has 6 heteroatoms. The lowest BCUT2D eigenvalue weighted by atomic mass is 10.1. The van der Waals surface area contributed by atoms with E-state index in [0.29, 0.717) is 17.1 Å². The fourth-order valence-electron chi connectivity index (χ4n) is 2.34. The molecule has 0 bridgehead atoms. The van der Waals surface area contributed by atoms with Gasteiger partial charge < -0.3 is 4.74 Å². The van der Waals surface area contributed by atoms with Gasteiger partial charge in [-0.05, 0) is 36.4 Å². The first kappa shape index (κ1) is 13.4. The van der Waals surface area contributed by atoms with Crippen molar-refractivity contribution in [3.63, 3.8) is 0 Å². The summed E-state index contributed by atoms with van der Waals surface area (Å²) in [5.74, 6) is 0.852. The maximum Gasteiger partial charge on any atom is 0.227 e. The summed E-state index contributed by atoms with van der Waals surface area (Å²) in [4.78, 5) is 7.54. The summed E-state index contributed by atoms with van der Waals surface area (Å²) >= 11 is 0. The number of nitrogens with one attached hydrogen (secondary N) is 1. The van der Waals surface area contributed by atoms with Crippen molar-refractivity contribution in [3.8, 4) is 22.8 Å². The molecule has 0 aliphatic rings. The van der Waals surface area contributed by atoms with Gasteiger partial charge in [-0.1, -0.05) is 18.2 Å². The van der Waals surface area contributed by atoms with Crippen LogP contribution in [0.4, 0.5) is 4.39 Å². The first-order chi connectivity index (χ1) is 11.3. The predicted molar refractivity (Wildman–Crippen MR) is 83.6 cm³/mol. The van der Waals surface area contributed by atoms with E-state index in [0.717, 1.165) is 17.6 Å². The Balaban J connectivity index is 1.67. The SMILES string of the molecule is Fc1ncnc2[nH]nc(-c3ccc(Oc4ccccc4)cc3)c12. The number of rotatable bonds is 3. The molecular weight excluding hydrogens is 295 g/mol. The van der Waals surface area contributed by atoms with E-state index in [1.807, 2.05) is 54.6 Å². The molecule has 0 fully saturated rings. The van der Waals surface area contributed by atoms with E-state index >= 15 is 0 Å². The number of hydrogen-bond acceptors (Lipinski definition) is 4. The maximum atomic E-state index is 13.9. The smallest absolute Gasteiger partial charge is 0.227 e. The molecule has 0 atom stereocenters. The zero-order valence-electron chi connectivity index (χ0n) is 11.9. The van der Waals surface area contributed by atoms with Crippen LogP contribution >= 0.6 is 0 Å². The molecule has 2 heterocycles. The topological polar surface area (TPSA) is 63.7 Å². The number of ether oxygens (including phenoxy) is 1. The minimum Gasteiger partial charge on any atom is -0.457 e. The predicted octanol–water partition coefficient (Wildman–Crippen LogP) is 3.95. The van der Waals surface area contributed by atoms with Crippen LogP contribution in [0.15, 0.2) is 60.9 Å². The molecule has 0 spiro atoms. The van der Waals surface area contributed by atoms with Gasteiger partial charge in [-0.2, -0.15) is 9.49 Å². The summed E-state index contributed by atoms with van der Waals surface area (Å²) in [6.07, 6.45) is 1.16. The van der Waals surface area contributed by atoms with E-state index in [1.165, 1.54) is 0 Å². The lowest BCUT2D eigenvalue weighted by Gasteiger charge is -2.06. The highest BCUT2D eigenvalue weighted by atomic mass is 19.1. The van der Waals surface area contributed by atoms with Crippen molar-refractivity contribution >= 4 is 11.0 Å². The molecular formula is C17H11FN4O. The van der Waals surface area contributed by atoms with Crippen molar-refractivity contribution < 1.29 is 9.13 Å². The monoisotopic (exact) mass is 306 g/mol. The molecule has 4 aromatic rings. The fourth-order valence-corrected chi connectivity index (χ4v) is 2.34. The van der Waals surface area contributed by atoms with E-state index in [-0.39, 0.29) is 5.39 Å². The first-order valence-corrected chi connectivity index (χ1v) is 6.99. The Hall–Kier alpha value is -3.28. The number of aromatic amines is 1. The highest BCUT2D eigenvalue weighted by molar-refractivity contribution is 5.90. The van der Waals surface area contributed by atoms with Gasteiger partial charge in [0.1, 0.15) is 28.9 Å². The van der Waals surface area contributed by atoms with Crippen molar-refractivity contribution in [1.29, 1.82) is 0 Å². The van der Waals surface area contributed by atoms with Crippen LogP contribution in [0.2, 0.25) is 0 Å². The van der Waals surface area contributed by atoms with E-state index in [1.54, 1.807) is 0 Å². The summed E-state index contributed by atoms with van der Waals surface area (Å²) in [7, 11) is 0. The summed E-state index contributed by atoms with van der Waals surface area (Å²) in [5, 5.41) is 7.12. The molecule has 0 aliphatic heterocycles. The largest absolute Gasteiger partial charge is 0.457 e. The van der Waals surface area contributed by atoms with Gasteiger partial charge >= 0.3 is 0 Å². The Morgan fingerprint density at radius 2 is 1.61 bits per heavy atom. The second-order valence-corrected chi connectivity index (χ2v) is 4.90. The number of aromatic nitrogens is 4. The lowest BCUT2D eigenvalue weighted by molar-refractivity contribution is 0.483. The van der Waals surface area contributed by atoms with Crippen LogP contribution in [0.1, 0.15) is 0 Å². The van der Waals surface area contributed by atoms with Crippen molar-refractivity contribution in [2.45, 2.75) is 0 Å². The molecule has 2 aromatic heterocycles. The number of H-pyrrole nitrogens is 1. The number of nitrogens with zero attached hydrogens (tertiary/aromatic N) is 3. The third kappa shape index (κ3) is 2.50. The standard InChI is InChI=1S/C17H11FN4O/c18-16-14-15(21-22-17(14)20-10-19-16)11-6-8-13(9-7-11)23-12-4-2-1-3-5-12/h1-10H,(H,19,20,21,22). The van der Waals surface area contributed by atoms with Crippen molar-refractivity contribution in [2.75, 3.05) is 0 Å². The van der Waals surface area contributed by atoms with Crippen LogP contribution in [0.3, 0.4) is 0 Å². The third-order valence-electron chi connectivity index (χ3n) is 3.42. The van der Waals surface area contributed by atoms with E-state index in [4.69, 9.17) is 4.74 Å². The summed E-state index contributed by atoms with van der Waals surface area (Å²) in [6.45, 7) is 0. The molecule has 0 aliphatic carbocycles. The molecule has 23 heavy (non-hydrogen) atoms. The molecule has 2 aromatic carbocycles. The van der Waals surface area contributed by atoms with Crippen molar-refractivity contribution in [1.82, 2.24) is 20.2 Å². The van der Waals surface area contributed by atoms with Crippen molar-refractivity contribution in [2.24, 2.45) is 0 Å². The quantitative estimate of drug-likeness (QED) is 0.582. The molecule has 0 unspecified atom stereocenters. The zero-order chi connectivity index (χ0) is 15.6. The average molecular weight is 306 g/mol. The molecule has 5 nitrogen and oxygen atoms in total. The molecule has 0 saturated carbocycles. The van der Waals surface area contributed by atoms with Crippen LogP contribution in [-0.2, 0) is 0 Å². The van der Waals surface area contributed by atoms with Crippen LogP contribution in [-0.4, -0.2) is 20.2 Å². The summed E-state index contributed by atoms with van der Waals surface area (Å²) in [6, 6.07) is 16.7. The summed E-state index contributed by atoms with van der Waals surface area (Å²) < 4.78 is 19.6. The molecule has 0 radical (unpaired) electrons. The normalized spacial score (nSPS) is 10.8. The molecule has 4 rings (SSSR count). The Bertz CT molecular complexity index is 951. The molecule has 112 valence electrons. The Morgan fingerprint density at radius 3 is 2.39 bits per heavy atom. The van der Waals surface area contributed by atoms with Crippen LogP contribution < -0.4 is 4.74 Å². The zero-order valence-corrected chi connectivity index (χ0v) is 11.9. The number of benzene rings is 2. The van der Waals surface area contributed by atoms with Crippen molar-refractivity contribution in [3.05, 3.63) is 66.9 Å². The number of halogens is 1. The average Bonchev–Trinajstić information content (AvgIpc) is 3.02. The van der Waals surface area contributed by atoms with Gasteiger partial charge in [0.05, 0.1) is 0 Å². The lowest BCUT2D eigenvalue weighted by Crippen LogP contribution is -1.88. The Morgan fingerprint density at radius 1 is 0.870 bits per heavy atom.